The van der Waals surface area contributed by atoms with Gasteiger partial charge < -0.3 is 10.1 Å². The maximum atomic E-state index is 12.5. The van der Waals surface area contributed by atoms with Crippen LogP contribution in [0.25, 0.3) is 17.1 Å². The molecule has 0 fully saturated rings. The van der Waals surface area contributed by atoms with E-state index in [9.17, 15) is 4.79 Å². The van der Waals surface area contributed by atoms with E-state index in [0.717, 1.165) is 17.0 Å². The molecule has 2 aromatic carbocycles. The Hall–Kier alpha value is -3.07. The van der Waals surface area contributed by atoms with Crippen LogP contribution in [0.1, 0.15) is 0 Å². The van der Waals surface area contributed by atoms with E-state index in [1.165, 1.54) is 11.8 Å². The topological polar surface area (TPSA) is 81.9 Å². The maximum absolute atomic E-state index is 12.5. The van der Waals surface area contributed by atoms with E-state index in [-0.39, 0.29) is 11.7 Å². The van der Waals surface area contributed by atoms with E-state index in [2.05, 4.69) is 20.5 Å². The minimum Gasteiger partial charge on any atom is -0.497 e. The average molecular weight is 486 g/mol. The van der Waals surface area contributed by atoms with Gasteiger partial charge in [0.1, 0.15) is 5.75 Å². The van der Waals surface area contributed by atoms with E-state index in [4.69, 9.17) is 27.9 Å². The highest BCUT2D eigenvalue weighted by atomic mass is 35.5. The highest BCUT2D eigenvalue weighted by Gasteiger charge is 2.18. The first-order chi connectivity index (χ1) is 15.5. The van der Waals surface area contributed by atoms with E-state index in [1.54, 1.807) is 37.7 Å². The number of carbonyl (C=O) groups is 1. The predicted molar refractivity (Wildman–Crippen MR) is 127 cm³/mol. The number of amides is 1. The molecule has 0 saturated heterocycles. The van der Waals surface area contributed by atoms with Crippen molar-refractivity contribution in [1.29, 1.82) is 0 Å². The molecule has 0 saturated carbocycles. The second-order valence-corrected chi connectivity index (χ2v) is 8.32. The lowest BCUT2D eigenvalue weighted by atomic mass is 10.2. The third kappa shape index (κ3) is 5.04. The minimum absolute atomic E-state index is 0.115. The zero-order valence-corrected chi connectivity index (χ0v) is 19.2. The number of thioether (sulfide) groups is 1. The van der Waals surface area contributed by atoms with Crippen molar-refractivity contribution < 1.29 is 9.53 Å². The van der Waals surface area contributed by atoms with Crippen molar-refractivity contribution in [2.24, 2.45) is 0 Å². The van der Waals surface area contributed by atoms with Crippen molar-refractivity contribution in [3.05, 3.63) is 77.0 Å². The van der Waals surface area contributed by atoms with Crippen molar-refractivity contribution in [2.45, 2.75) is 5.16 Å². The van der Waals surface area contributed by atoms with Gasteiger partial charge in [0, 0.05) is 28.7 Å². The van der Waals surface area contributed by atoms with Gasteiger partial charge >= 0.3 is 0 Å². The van der Waals surface area contributed by atoms with Crippen LogP contribution in [-0.4, -0.2) is 38.5 Å². The molecule has 2 heterocycles. The first-order valence-corrected chi connectivity index (χ1v) is 11.2. The first-order valence-electron chi connectivity index (χ1n) is 9.43. The lowest BCUT2D eigenvalue weighted by Crippen LogP contribution is -2.15. The number of pyridine rings is 1. The summed E-state index contributed by atoms with van der Waals surface area (Å²) in [7, 11) is 1.61. The van der Waals surface area contributed by atoms with Gasteiger partial charge in [0.2, 0.25) is 5.91 Å². The van der Waals surface area contributed by atoms with Gasteiger partial charge in [-0.1, -0.05) is 35.0 Å². The zero-order valence-electron chi connectivity index (χ0n) is 16.8. The number of nitrogens with zero attached hydrogens (tertiary/aromatic N) is 4. The van der Waals surface area contributed by atoms with E-state index in [0.29, 0.717) is 26.7 Å². The van der Waals surface area contributed by atoms with Gasteiger partial charge in [-0.2, -0.15) is 0 Å². The van der Waals surface area contributed by atoms with Crippen LogP contribution >= 0.6 is 35.0 Å². The Bertz CT molecular complexity index is 1230. The molecule has 0 radical (unpaired) electrons. The second-order valence-electron chi connectivity index (χ2n) is 6.54. The number of nitrogens with one attached hydrogen (secondary N) is 1. The summed E-state index contributed by atoms with van der Waals surface area (Å²) in [5.41, 5.74) is 2.19. The Morgan fingerprint density at radius 1 is 1.06 bits per heavy atom. The molecule has 1 amide bonds. The highest BCUT2D eigenvalue weighted by molar-refractivity contribution is 7.99. The molecule has 7 nitrogen and oxygen atoms in total. The molecule has 0 spiro atoms. The van der Waals surface area contributed by atoms with Crippen molar-refractivity contribution in [2.75, 3.05) is 18.2 Å². The SMILES string of the molecule is COc1ccc(-n2c(SCC(=O)Nc3ccc(Cl)cc3Cl)nnc2-c2ccncc2)cc1. The number of ether oxygens (including phenoxy) is 1. The molecule has 4 rings (SSSR count). The third-order valence-corrected chi connectivity index (χ3v) is 5.92. The number of aromatic nitrogens is 4. The molecule has 2 aromatic heterocycles. The van der Waals surface area contributed by atoms with E-state index in [1.807, 2.05) is 41.0 Å². The molecule has 0 atom stereocenters. The Morgan fingerprint density at radius 2 is 1.81 bits per heavy atom. The fraction of sp³-hybridized carbons (Fsp3) is 0.0909. The van der Waals surface area contributed by atoms with Crippen molar-refractivity contribution >= 4 is 46.6 Å². The quantitative estimate of drug-likeness (QED) is 0.354. The summed E-state index contributed by atoms with van der Waals surface area (Å²) >= 11 is 13.3. The second kappa shape index (κ2) is 10.0. The number of hydrogen-bond acceptors (Lipinski definition) is 6. The number of methoxy groups -OCH3 is 1. The molecule has 162 valence electrons. The molecule has 1 N–H and O–H groups in total. The van der Waals surface area contributed by atoms with Crippen LogP contribution in [0.2, 0.25) is 10.0 Å². The molecule has 0 bridgehead atoms. The van der Waals surface area contributed by atoms with Gasteiger partial charge in [-0.05, 0) is 54.6 Å². The van der Waals surface area contributed by atoms with Crippen LogP contribution in [0, 0.1) is 0 Å². The number of benzene rings is 2. The van der Waals surface area contributed by atoms with Crippen LogP contribution in [0.15, 0.2) is 72.1 Å². The predicted octanol–water partition coefficient (Wildman–Crippen LogP) is 5.38. The highest BCUT2D eigenvalue weighted by Crippen LogP contribution is 2.29. The summed E-state index contributed by atoms with van der Waals surface area (Å²) < 4.78 is 7.15. The number of hydrogen-bond donors (Lipinski definition) is 1. The molecular formula is C22H17Cl2N5O2S. The molecule has 0 unspecified atom stereocenters. The average Bonchev–Trinajstić information content (AvgIpc) is 3.24. The van der Waals surface area contributed by atoms with E-state index >= 15 is 0 Å². The number of carbonyl (C=O) groups excluding carboxylic acids is 1. The van der Waals surface area contributed by atoms with Gasteiger partial charge in [0.15, 0.2) is 11.0 Å². The molecule has 4 aromatic rings. The lowest BCUT2D eigenvalue weighted by Gasteiger charge is -2.11. The molecule has 0 aliphatic heterocycles. The number of anilines is 1. The summed E-state index contributed by atoms with van der Waals surface area (Å²) in [6.07, 6.45) is 3.39. The summed E-state index contributed by atoms with van der Waals surface area (Å²) in [6, 6.07) is 16.1. The molecule has 32 heavy (non-hydrogen) atoms. The van der Waals surface area contributed by atoms with Gasteiger partial charge in [-0.25, -0.2) is 0 Å². The maximum Gasteiger partial charge on any atom is 0.234 e. The first kappa shape index (κ1) is 22.1. The third-order valence-electron chi connectivity index (χ3n) is 4.44. The Labute approximate surface area is 198 Å². The van der Waals surface area contributed by atoms with E-state index < -0.39 is 0 Å². The number of rotatable bonds is 7. The largest absolute Gasteiger partial charge is 0.497 e. The Kier molecular flexibility index (Phi) is 6.94. The van der Waals surface area contributed by atoms with Gasteiger partial charge in [-0.3, -0.25) is 14.3 Å². The van der Waals surface area contributed by atoms with Crippen molar-refractivity contribution in [1.82, 2.24) is 19.7 Å². The summed E-state index contributed by atoms with van der Waals surface area (Å²) in [5, 5.41) is 12.9. The smallest absolute Gasteiger partial charge is 0.234 e. The molecular weight excluding hydrogens is 469 g/mol. The fourth-order valence-corrected chi connectivity index (χ4v) is 4.13. The van der Waals surface area contributed by atoms with Crippen molar-refractivity contribution in [3.63, 3.8) is 0 Å². The van der Waals surface area contributed by atoms with Crippen LogP contribution in [-0.2, 0) is 4.79 Å². The molecule has 10 heteroatoms. The normalized spacial score (nSPS) is 10.7. The standard InChI is InChI=1S/C22H17Cl2N5O2S/c1-31-17-5-3-16(4-6-17)29-21(14-8-10-25-11-9-14)27-28-22(29)32-13-20(30)26-19-7-2-15(23)12-18(19)24/h2-12H,13H2,1H3,(H,26,30). The van der Waals surface area contributed by atoms with Crippen LogP contribution < -0.4 is 10.1 Å². The van der Waals surface area contributed by atoms with Gasteiger partial charge in [-0.15, -0.1) is 10.2 Å². The fourth-order valence-electron chi connectivity index (χ4n) is 2.92. The Balaban J connectivity index is 1.59. The minimum atomic E-state index is -0.228. The molecule has 0 aliphatic carbocycles. The molecule has 0 aliphatic rings. The van der Waals surface area contributed by atoms with Crippen LogP contribution in [0.4, 0.5) is 5.69 Å². The zero-order chi connectivity index (χ0) is 22.5. The van der Waals surface area contributed by atoms with Gasteiger partial charge in [0.25, 0.3) is 0 Å². The monoisotopic (exact) mass is 485 g/mol. The Morgan fingerprint density at radius 3 is 2.50 bits per heavy atom. The van der Waals surface area contributed by atoms with Crippen LogP contribution in [0.3, 0.4) is 0 Å². The van der Waals surface area contributed by atoms with Crippen LogP contribution in [0.5, 0.6) is 5.75 Å². The summed E-state index contributed by atoms with van der Waals surface area (Å²) in [6.45, 7) is 0. The summed E-state index contributed by atoms with van der Waals surface area (Å²) in [4.78, 5) is 16.6. The van der Waals surface area contributed by atoms with Crippen molar-refractivity contribution in [3.8, 4) is 22.8 Å². The van der Waals surface area contributed by atoms with Gasteiger partial charge in [0.05, 0.1) is 23.6 Å². The lowest BCUT2D eigenvalue weighted by molar-refractivity contribution is -0.113. The number of halogens is 2. The summed E-state index contributed by atoms with van der Waals surface area (Å²) in [5.74, 6) is 1.26.